The van der Waals surface area contributed by atoms with Gasteiger partial charge in [0.15, 0.2) is 0 Å². The average Bonchev–Trinajstić information content (AvgIpc) is 3.28. The highest BCUT2D eigenvalue weighted by Gasteiger charge is 2.22. The van der Waals surface area contributed by atoms with E-state index in [4.69, 9.17) is 0 Å². The summed E-state index contributed by atoms with van der Waals surface area (Å²) in [6, 6.07) is 11.5. The third kappa shape index (κ3) is 8.47. The lowest BCUT2D eigenvalue weighted by molar-refractivity contribution is -0.385. The zero-order valence-corrected chi connectivity index (χ0v) is 22.5. The van der Waals surface area contributed by atoms with Crippen LogP contribution in [0, 0.1) is 10.1 Å². The minimum atomic E-state index is -3.91. The molecule has 0 aliphatic rings. The van der Waals surface area contributed by atoms with E-state index in [1.807, 2.05) is 18.2 Å². The number of benzene rings is 2. The number of nitro groups is 1. The standard InChI is InChI=1S/C25H33N3O4S3/c1-2-3-4-5-6-7-8-9-10-13-18-33-24-19-20(28(29)30)16-17-22(24)27-35(31,32)25-26-21-14-11-12-15-23(21)34-25/h11-12,14-17,19,27H,2-10,13,18H2,1H3. The number of nitro benzene ring substituents is 1. The largest absolute Gasteiger partial charge is 0.289 e. The fourth-order valence-corrected chi connectivity index (χ4v) is 7.17. The van der Waals surface area contributed by atoms with Gasteiger partial charge >= 0.3 is 0 Å². The van der Waals surface area contributed by atoms with Crippen LogP contribution >= 0.6 is 23.1 Å². The quantitative estimate of drug-likeness (QED) is 0.0862. The van der Waals surface area contributed by atoms with Gasteiger partial charge in [-0.15, -0.1) is 23.1 Å². The predicted molar refractivity (Wildman–Crippen MR) is 146 cm³/mol. The molecule has 3 rings (SSSR count). The molecule has 35 heavy (non-hydrogen) atoms. The molecule has 7 nitrogen and oxygen atoms in total. The maximum atomic E-state index is 13.0. The molecule has 0 saturated heterocycles. The molecule has 0 saturated carbocycles. The number of nitrogens with one attached hydrogen (secondary N) is 1. The second kappa shape index (κ2) is 13.8. The lowest BCUT2D eigenvalue weighted by Crippen LogP contribution is -2.13. The molecule has 0 atom stereocenters. The number of thiazole rings is 1. The molecular weight excluding hydrogens is 502 g/mol. The minimum absolute atomic E-state index is 0.0253. The van der Waals surface area contributed by atoms with E-state index in [0.29, 0.717) is 16.1 Å². The van der Waals surface area contributed by atoms with E-state index in [9.17, 15) is 18.5 Å². The maximum Gasteiger partial charge on any atom is 0.289 e. The summed E-state index contributed by atoms with van der Waals surface area (Å²) in [7, 11) is -3.91. The van der Waals surface area contributed by atoms with Crippen molar-refractivity contribution in [1.82, 2.24) is 4.98 Å². The highest BCUT2D eigenvalue weighted by atomic mass is 32.2. The van der Waals surface area contributed by atoms with Crippen molar-refractivity contribution in [2.45, 2.75) is 80.4 Å². The van der Waals surface area contributed by atoms with Crippen molar-refractivity contribution in [1.29, 1.82) is 0 Å². The number of aromatic nitrogens is 1. The van der Waals surface area contributed by atoms with Gasteiger partial charge in [0.05, 0.1) is 20.8 Å². The normalized spacial score (nSPS) is 11.7. The summed E-state index contributed by atoms with van der Waals surface area (Å²) in [5, 5.41) is 11.3. The number of anilines is 1. The van der Waals surface area contributed by atoms with Crippen molar-refractivity contribution < 1.29 is 13.3 Å². The van der Waals surface area contributed by atoms with Crippen molar-refractivity contribution in [3.63, 3.8) is 0 Å². The first kappa shape index (κ1) is 27.4. The molecule has 0 spiro atoms. The van der Waals surface area contributed by atoms with Gasteiger partial charge in [-0.25, -0.2) is 4.98 Å². The molecule has 10 heteroatoms. The third-order valence-corrected chi connectivity index (χ3v) is 9.60. The molecule has 1 N–H and O–H groups in total. The number of unbranched alkanes of at least 4 members (excludes halogenated alkanes) is 9. The molecular formula is C25H33N3O4S3. The molecule has 0 unspecified atom stereocenters. The van der Waals surface area contributed by atoms with Crippen molar-refractivity contribution in [2.24, 2.45) is 0 Å². The van der Waals surface area contributed by atoms with E-state index in [1.165, 1.54) is 81.3 Å². The Morgan fingerprint density at radius 3 is 2.29 bits per heavy atom. The number of non-ortho nitro benzene ring substituents is 1. The summed E-state index contributed by atoms with van der Waals surface area (Å²) >= 11 is 2.55. The van der Waals surface area contributed by atoms with Gasteiger partial charge in [0, 0.05) is 17.0 Å². The van der Waals surface area contributed by atoms with Crippen LogP contribution in [0.2, 0.25) is 0 Å². The number of hydrogen-bond donors (Lipinski definition) is 1. The highest BCUT2D eigenvalue weighted by molar-refractivity contribution is 7.99. The Hall–Kier alpha value is -2.17. The first-order chi connectivity index (χ1) is 16.9. The summed E-state index contributed by atoms with van der Waals surface area (Å²) in [4.78, 5) is 15.6. The monoisotopic (exact) mass is 535 g/mol. The first-order valence-electron chi connectivity index (χ1n) is 12.2. The summed E-state index contributed by atoms with van der Waals surface area (Å²) in [6.45, 7) is 2.23. The topological polar surface area (TPSA) is 102 Å². The number of sulfonamides is 1. The van der Waals surface area contributed by atoms with E-state index < -0.39 is 14.9 Å². The Kier molecular flexibility index (Phi) is 10.8. The van der Waals surface area contributed by atoms with Crippen LogP contribution in [-0.2, 0) is 10.0 Å². The molecule has 0 radical (unpaired) electrons. The van der Waals surface area contributed by atoms with Crippen LogP contribution in [0.4, 0.5) is 11.4 Å². The molecule has 0 aliphatic carbocycles. The molecule has 0 bridgehead atoms. The second-order valence-corrected chi connectivity index (χ2v) is 12.5. The molecule has 0 amide bonds. The minimum Gasteiger partial charge on any atom is -0.277 e. The maximum absolute atomic E-state index is 13.0. The van der Waals surface area contributed by atoms with Crippen LogP contribution in [0.25, 0.3) is 10.2 Å². The molecule has 190 valence electrons. The lowest BCUT2D eigenvalue weighted by Gasteiger charge is -2.11. The Labute approximate surface area is 215 Å². The van der Waals surface area contributed by atoms with Crippen LogP contribution in [-0.4, -0.2) is 24.1 Å². The van der Waals surface area contributed by atoms with E-state index >= 15 is 0 Å². The fraction of sp³-hybridized carbons (Fsp3) is 0.480. The van der Waals surface area contributed by atoms with Crippen LogP contribution in [0.5, 0.6) is 0 Å². The molecule has 2 aromatic carbocycles. The van der Waals surface area contributed by atoms with Crippen molar-refractivity contribution in [3.8, 4) is 0 Å². The van der Waals surface area contributed by atoms with Gasteiger partial charge in [0.1, 0.15) is 0 Å². The van der Waals surface area contributed by atoms with Crippen LogP contribution in [0.1, 0.15) is 71.1 Å². The number of fused-ring (bicyclic) bond motifs is 1. The number of rotatable bonds is 16. The zero-order chi connectivity index (χ0) is 25.1. The van der Waals surface area contributed by atoms with Crippen LogP contribution in [0.15, 0.2) is 51.7 Å². The number of thioether (sulfide) groups is 1. The van der Waals surface area contributed by atoms with Gasteiger partial charge in [0.25, 0.3) is 15.7 Å². The Bertz CT molecular complexity index is 1180. The van der Waals surface area contributed by atoms with Gasteiger partial charge in [-0.1, -0.05) is 76.8 Å². The zero-order valence-electron chi connectivity index (χ0n) is 20.1. The Morgan fingerprint density at radius 2 is 1.63 bits per heavy atom. The molecule has 0 fully saturated rings. The SMILES string of the molecule is CCCCCCCCCCCCSc1cc([N+](=O)[O-])ccc1NS(=O)(=O)c1nc2ccccc2s1. The van der Waals surface area contributed by atoms with Crippen molar-refractivity contribution in [2.75, 3.05) is 10.5 Å². The highest BCUT2D eigenvalue weighted by Crippen LogP contribution is 2.34. The van der Waals surface area contributed by atoms with E-state index in [2.05, 4.69) is 16.6 Å². The van der Waals surface area contributed by atoms with E-state index in [-0.39, 0.29) is 10.0 Å². The first-order valence-corrected chi connectivity index (χ1v) is 15.5. The molecule has 1 aromatic heterocycles. The summed E-state index contributed by atoms with van der Waals surface area (Å²) in [5.74, 6) is 0.771. The van der Waals surface area contributed by atoms with Gasteiger partial charge in [-0.2, -0.15) is 8.42 Å². The number of hydrogen-bond acceptors (Lipinski definition) is 7. The van der Waals surface area contributed by atoms with Gasteiger partial charge in [-0.3, -0.25) is 14.8 Å². The molecule has 0 aliphatic heterocycles. The lowest BCUT2D eigenvalue weighted by atomic mass is 10.1. The van der Waals surface area contributed by atoms with Crippen molar-refractivity contribution in [3.05, 3.63) is 52.6 Å². The van der Waals surface area contributed by atoms with E-state index in [1.54, 1.807) is 6.07 Å². The van der Waals surface area contributed by atoms with Crippen molar-refractivity contribution >= 4 is 54.7 Å². The fourth-order valence-electron chi connectivity index (χ4n) is 3.75. The smallest absolute Gasteiger partial charge is 0.277 e. The predicted octanol–water partition coefficient (Wildman–Crippen LogP) is 8.02. The van der Waals surface area contributed by atoms with Gasteiger partial charge < -0.3 is 0 Å². The van der Waals surface area contributed by atoms with Crippen LogP contribution < -0.4 is 4.72 Å². The van der Waals surface area contributed by atoms with Crippen LogP contribution in [0.3, 0.4) is 0 Å². The summed E-state index contributed by atoms with van der Waals surface area (Å²) in [5.41, 5.74) is 0.905. The van der Waals surface area contributed by atoms with Gasteiger partial charge in [-0.05, 0) is 30.4 Å². The molecule has 1 heterocycles. The average molecular weight is 536 g/mol. The Morgan fingerprint density at radius 1 is 0.971 bits per heavy atom. The number of para-hydroxylation sites is 1. The summed E-state index contributed by atoms with van der Waals surface area (Å²) < 4.78 is 29.3. The Balaban J connectivity index is 1.56. The van der Waals surface area contributed by atoms with Gasteiger partial charge in [0.2, 0.25) is 4.34 Å². The third-order valence-electron chi connectivity index (χ3n) is 5.68. The second-order valence-electron chi connectivity index (χ2n) is 8.52. The summed E-state index contributed by atoms with van der Waals surface area (Å²) in [6.07, 6.45) is 12.3. The number of nitrogens with zero attached hydrogens (tertiary/aromatic N) is 2. The van der Waals surface area contributed by atoms with E-state index in [0.717, 1.165) is 34.6 Å². The molecule has 3 aromatic rings.